The molecule has 2 N–H and O–H groups in total. The van der Waals surface area contributed by atoms with Gasteiger partial charge in [0.1, 0.15) is 5.52 Å². The van der Waals surface area contributed by atoms with Crippen LogP contribution in [0.2, 0.25) is 0 Å². The third kappa shape index (κ3) is 1.85. The standard InChI is InChI=1S/C11H15N7O/c1-3-7-9-10(17(2)16-7)18(11(12)15-9)5-4-8-13-6-14-19-8/h6H,3-5H2,1-2H3,(H2,12,15). The molecule has 0 unspecified atom stereocenters. The second kappa shape index (κ2) is 4.38. The molecule has 8 heteroatoms. The summed E-state index contributed by atoms with van der Waals surface area (Å²) in [5.74, 6) is 1.07. The lowest BCUT2D eigenvalue weighted by molar-refractivity contribution is 0.371. The molecular weight excluding hydrogens is 246 g/mol. The average molecular weight is 261 g/mol. The van der Waals surface area contributed by atoms with Crippen LogP contribution in [0.15, 0.2) is 10.9 Å². The van der Waals surface area contributed by atoms with E-state index in [-0.39, 0.29) is 0 Å². The van der Waals surface area contributed by atoms with Gasteiger partial charge < -0.3 is 10.3 Å². The molecule has 3 aromatic rings. The second-order valence-electron chi connectivity index (χ2n) is 4.30. The molecule has 0 atom stereocenters. The number of fused-ring (bicyclic) bond motifs is 1. The minimum atomic E-state index is 0.484. The zero-order chi connectivity index (χ0) is 13.4. The van der Waals surface area contributed by atoms with E-state index in [1.165, 1.54) is 6.33 Å². The van der Waals surface area contributed by atoms with Gasteiger partial charge in [0.2, 0.25) is 11.8 Å². The number of aryl methyl sites for hydroxylation is 4. The number of imidazole rings is 1. The van der Waals surface area contributed by atoms with Crippen LogP contribution < -0.4 is 5.73 Å². The molecule has 3 rings (SSSR count). The van der Waals surface area contributed by atoms with E-state index in [2.05, 4.69) is 27.1 Å². The van der Waals surface area contributed by atoms with Gasteiger partial charge in [0.05, 0.1) is 5.69 Å². The summed E-state index contributed by atoms with van der Waals surface area (Å²) in [5.41, 5.74) is 8.73. The van der Waals surface area contributed by atoms with Gasteiger partial charge >= 0.3 is 0 Å². The molecule has 0 bridgehead atoms. The third-order valence-electron chi connectivity index (χ3n) is 3.11. The number of anilines is 1. The highest BCUT2D eigenvalue weighted by Gasteiger charge is 2.17. The molecule has 0 saturated carbocycles. The third-order valence-corrected chi connectivity index (χ3v) is 3.11. The number of hydrogen-bond donors (Lipinski definition) is 1. The molecule has 0 fully saturated rings. The summed E-state index contributed by atoms with van der Waals surface area (Å²) < 4.78 is 8.72. The van der Waals surface area contributed by atoms with Gasteiger partial charge in [0.15, 0.2) is 12.0 Å². The van der Waals surface area contributed by atoms with Crippen LogP contribution in [0.1, 0.15) is 18.5 Å². The fourth-order valence-corrected chi connectivity index (χ4v) is 2.23. The van der Waals surface area contributed by atoms with E-state index in [9.17, 15) is 0 Å². The van der Waals surface area contributed by atoms with Crippen LogP contribution in [0.3, 0.4) is 0 Å². The molecule has 0 radical (unpaired) electrons. The number of nitrogens with zero attached hydrogens (tertiary/aromatic N) is 6. The van der Waals surface area contributed by atoms with Crippen molar-refractivity contribution in [2.45, 2.75) is 26.3 Å². The Balaban J connectivity index is 1.98. The molecule has 0 aliphatic heterocycles. The van der Waals surface area contributed by atoms with Crippen molar-refractivity contribution in [1.29, 1.82) is 0 Å². The normalized spacial score (nSPS) is 11.5. The van der Waals surface area contributed by atoms with E-state index in [4.69, 9.17) is 10.3 Å². The van der Waals surface area contributed by atoms with Crippen LogP contribution in [0.5, 0.6) is 0 Å². The number of hydrogen-bond acceptors (Lipinski definition) is 6. The van der Waals surface area contributed by atoms with Crippen molar-refractivity contribution in [2.24, 2.45) is 7.05 Å². The van der Waals surface area contributed by atoms with Crippen LogP contribution in [-0.2, 0) is 26.4 Å². The molecule has 3 aromatic heterocycles. The lowest BCUT2D eigenvalue weighted by atomic mass is 10.3. The quantitative estimate of drug-likeness (QED) is 0.735. The first-order valence-electron chi connectivity index (χ1n) is 6.13. The van der Waals surface area contributed by atoms with Crippen molar-refractivity contribution in [1.82, 2.24) is 29.5 Å². The second-order valence-corrected chi connectivity index (χ2v) is 4.30. The van der Waals surface area contributed by atoms with Gasteiger partial charge in [-0.1, -0.05) is 12.1 Å². The number of aromatic nitrogens is 6. The van der Waals surface area contributed by atoms with E-state index in [0.717, 1.165) is 23.3 Å². The van der Waals surface area contributed by atoms with Crippen molar-refractivity contribution < 1.29 is 4.52 Å². The first-order chi connectivity index (χ1) is 9.20. The van der Waals surface area contributed by atoms with E-state index in [1.54, 1.807) is 0 Å². The Labute approximate surface area is 109 Å². The van der Waals surface area contributed by atoms with Crippen LogP contribution in [0, 0.1) is 0 Å². The van der Waals surface area contributed by atoms with Gasteiger partial charge in [-0.2, -0.15) is 10.1 Å². The van der Waals surface area contributed by atoms with Gasteiger partial charge in [-0.25, -0.2) is 4.98 Å². The molecule has 100 valence electrons. The zero-order valence-electron chi connectivity index (χ0n) is 10.9. The van der Waals surface area contributed by atoms with Crippen LogP contribution in [0.4, 0.5) is 5.95 Å². The van der Waals surface area contributed by atoms with Crippen molar-refractivity contribution >= 4 is 17.1 Å². The highest BCUT2D eigenvalue weighted by atomic mass is 16.5. The van der Waals surface area contributed by atoms with Crippen molar-refractivity contribution in [3.8, 4) is 0 Å². The predicted octanol–water partition coefficient (Wildman–Crippen LogP) is 0.540. The highest BCUT2D eigenvalue weighted by Crippen LogP contribution is 2.21. The fraction of sp³-hybridized carbons (Fsp3) is 0.455. The van der Waals surface area contributed by atoms with Crippen molar-refractivity contribution in [3.05, 3.63) is 17.9 Å². The predicted molar refractivity (Wildman–Crippen MR) is 68.3 cm³/mol. The minimum absolute atomic E-state index is 0.484. The molecule has 19 heavy (non-hydrogen) atoms. The molecule has 0 aliphatic carbocycles. The molecule has 0 saturated heterocycles. The highest BCUT2D eigenvalue weighted by molar-refractivity contribution is 5.77. The molecule has 0 amide bonds. The summed E-state index contributed by atoms with van der Waals surface area (Å²) in [4.78, 5) is 8.39. The van der Waals surface area contributed by atoms with Gasteiger partial charge in [0, 0.05) is 20.0 Å². The van der Waals surface area contributed by atoms with Gasteiger partial charge in [-0.15, -0.1) is 0 Å². The number of rotatable bonds is 4. The van der Waals surface area contributed by atoms with E-state index in [1.807, 2.05) is 16.3 Å². The molecule has 0 aliphatic rings. The van der Waals surface area contributed by atoms with Gasteiger partial charge in [-0.3, -0.25) is 9.25 Å². The Morgan fingerprint density at radius 1 is 1.42 bits per heavy atom. The maximum Gasteiger partial charge on any atom is 0.228 e. The van der Waals surface area contributed by atoms with Gasteiger partial charge in [0.25, 0.3) is 0 Å². The Kier molecular flexibility index (Phi) is 2.69. The topological polar surface area (TPSA) is 101 Å². The van der Waals surface area contributed by atoms with Crippen molar-refractivity contribution in [2.75, 3.05) is 5.73 Å². The van der Waals surface area contributed by atoms with Gasteiger partial charge in [-0.05, 0) is 6.42 Å². The smallest absolute Gasteiger partial charge is 0.228 e. The Hall–Kier alpha value is -2.38. The molecule has 8 nitrogen and oxygen atoms in total. The number of nitrogen functional groups attached to an aromatic ring is 1. The lowest BCUT2D eigenvalue weighted by Crippen LogP contribution is -2.09. The lowest BCUT2D eigenvalue weighted by Gasteiger charge is -2.04. The zero-order valence-corrected chi connectivity index (χ0v) is 10.9. The summed E-state index contributed by atoms with van der Waals surface area (Å²) >= 11 is 0. The first-order valence-corrected chi connectivity index (χ1v) is 6.13. The first kappa shape index (κ1) is 11.7. The Bertz CT molecular complexity index is 694. The van der Waals surface area contributed by atoms with Crippen LogP contribution in [0.25, 0.3) is 11.2 Å². The average Bonchev–Trinajstić information content (AvgIpc) is 3.06. The SMILES string of the molecule is CCc1nn(C)c2c1nc(N)n2CCc1ncno1. The summed E-state index contributed by atoms with van der Waals surface area (Å²) in [6.07, 6.45) is 2.83. The molecule has 3 heterocycles. The molecule has 0 aromatic carbocycles. The summed E-state index contributed by atoms with van der Waals surface area (Å²) in [7, 11) is 1.89. The van der Waals surface area contributed by atoms with E-state index in [0.29, 0.717) is 24.8 Å². The molecular formula is C11H15N7O. The van der Waals surface area contributed by atoms with Crippen LogP contribution >= 0.6 is 0 Å². The maximum atomic E-state index is 5.97. The largest absolute Gasteiger partial charge is 0.369 e. The molecule has 0 spiro atoms. The summed E-state index contributed by atoms with van der Waals surface area (Å²) in [6.45, 7) is 2.68. The van der Waals surface area contributed by atoms with Crippen molar-refractivity contribution in [3.63, 3.8) is 0 Å². The van der Waals surface area contributed by atoms with E-state index >= 15 is 0 Å². The minimum Gasteiger partial charge on any atom is -0.369 e. The Morgan fingerprint density at radius 2 is 2.26 bits per heavy atom. The number of nitrogens with two attached hydrogens (primary N) is 1. The Morgan fingerprint density at radius 3 is 2.95 bits per heavy atom. The fourth-order valence-electron chi connectivity index (χ4n) is 2.23. The summed E-state index contributed by atoms with van der Waals surface area (Å²) in [5, 5.41) is 8.02. The monoisotopic (exact) mass is 261 g/mol. The van der Waals surface area contributed by atoms with Crippen LogP contribution in [-0.4, -0.2) is 29.5 Å². The maximum absolute atomic E-state index is 5.97. The summed E-state index contributed by atoms with van der Waals surface area (Å²) in [6, 6.07) is 0. The van der Waals surface area contributed by atoms with E-state index < -0.39 is 0 Å².